The van der Waals surface area contributed by atoms with Crippen LogP contribution in [-0.4, -0.2) is 5.91 Å². The Bertz CT molecular complexity index is 656. The van der Waals surface area contributed by atoms with Gasteiger partial charge in [-0.3, -0.25) is 4.79 Å². The van der Waals surface area contributed by atoms with E-state index in [1.54, 1.807) is 6.07 Å². The number of amides is 1. The number of hydrogen-bond acceptors (Lipinski definition) is 2. The lowest BCUT2D eigenvalue weighted by atomic mass is 10.1. The van der Waals surface area contributed by atoms with E-state index in [0.29, 0.717) is 12.1 Å². The summed E-state index contributed by atoms with van der Waals surface area (Å²) in [5.41, 5.74) is 8.83. The van der Waals surface area contributed by atoms with Crippen LogP contribution in [-0.2, 0) is 6.54 Å². The van der Waals surface area contributed by atoms with Gasteiger partial charge in [-0.15, -0.1) is 0 Å². The number of anilines is 1. The lowest BCUT2D eigenvalue weighted by molar-refractivity contribution is 0.1000. The summed E-state index contributed by atoms with van der Waals surface area (Å²) in [5.74, 6) is -0.405. The SMILES string of the molecule is Cc1c(NCc2ccc(Br)c(Br)c2)cccc1C(N)=O. The number of carbonyl (C=O) groups is 1. The molecule has 0 bridgehead atoms. The third-order valence-electron chi connectivity index (χ3n) is 3.07. The Morgan fingerprint density at radius 2 is 1.95 bits per heavy atom. The van der Waals surface area contributed by atoms with Crippen molar-refractivity contribution in [3.05, 3.63) is 62.0 Å². The van der Waals surface area contributed by atoms with Crippen molar-refractivity contribution in [1.29, 1.82) is 0 Å². The summed E-state index contributed by atoms with van der Waals surface area (Å²) in [7, 11) is 0. The molecule has 0 saturated carbocycles. The molecule has 0 aromatic heterocycles. The molecule has 2 aromatic rings. The van der Waals surface area contributed by atoms with Crippen molar-refractivity contribution in [1.82, 2.24) is 0 Å². The molecule has 0 aliphatic heterocycles. The molecule has 0 radical (unpaired) electrons. The maximum absolute atomic E-state index is 11.3. The van der Waals surface area contributed by atoms with Crippen molar-refractivity contribution >= 4 is 43.5 Å². The summed E-state index contributed by atoms with van der Waals surface area (Å²) in [6, 6.07) is 11.6. The van der Waals surface area contributed by atoms with Gasteiger partial charge in [0.15, 0.2) is 0 Å². The number of nitrogens with one attached hydrogen (secondary N) is 1. The van der Waals surface area contributed by atoms with Crippen LogP contribution in [0.15, 0.2) is 45.3 Å². The van der Waals surface area contributed by atoms with E-state index in [2.05, 4.69) is 37.2 Å². The van der Waals surface area contributed by atoms with Crippen LogP contribution in [0, 0.1) is 6.92 Å². The maximum Gasteiger partial charge on any atom is 0.249 e. The fourth-order valence-electron chi connectivity index (χ4n) is 1.94. The minimum atomic E-state index is -0.405. The summed E-state index contributed by atoms with van der Waals surface area (Å²) < 4.78 is 2.03. The maximum atomic E-state index is 11.3. The van der Waals surface area contributed by atoms with Gasteiger partial charge in [-0.05, 0) is 74.2 Å². The number of hydrogen-bond donors (Lipinski definition) is 2. The van der Waals surface area contributed by atoms with Gasteiger partial charge in [0.05, 0.1) is 0 Å². The molecule has 0 aliphatic carbocycles. The molecule has 0 atom stereocenters. The standard InChI is InChI=1S/C15H14Br2N2O/c1-9-11(15(18)20)3-2-4-14(9)19-8-10-5-6-12(16)13(17)7-10/h2-7,19H,8H2,1H3,(H2,18,20). The molecule has 0 unspecified atom stereocenters. The molecular formula is C15H14Br2N2O. The number of rotatable bonds is 4. The molecule has 3 N–H and O–H groups in total. The van der Waals surface area contributed by atoms with Crippen molar-refractivity contribution in [2.45, 2.75) is 13.5 Å². The Morgan fingerprint density at radius 1 is 1.20 bits per heavy atom. The van der Waals surface area contributed by atoms with E-state index in [1.807, 2.05) is 37.3 Å². The molecule has 104 valence electrons. The molecule has 2 rings (SSSR count). The molecule has 5 heteroatoms. The Balaban J connectivity index is 2.17. The van der Waals surface area contributed by atoms with E-state index in [9.17, 15) is 4.79 Å². The van der Waals surface area contributed by atoms with E-state index in [0.717, 1.165) is 25.8 Å². The molecule has 0 fully saturated rings. The number of primary amides is 1. The molecular weight excluding hydrogens is 384 g/mol. The van der Waals surface area contributed by atoms with Crippen LogP contribution < -0.4 is 11.1 Å². The Labute approximate surface area is 134 Å². The first-order chi connectivity index (χ1) is 9.49. The van der Waals surface area contributed by atoms with Gasteiger partial charge in [0.2, 0.25) is 5.91 Å². The van der Waals surface area contributed by atoms with E-state index in [4.69, 9.17) is 5.73 Å². The van der Waals surface area contributed by atoms with Crippen LogP contribution in [0.3, 0.4) is 0 Å². The highest BCUT2D eigenvalue weighted by molar-refractivity contribution is 9.13. The van der Waals surface area contributed by atoms with Crippen molar-refractivity contribution in [2.75, 3.05) is 5.32 Å². The van der Waals surface area contributed by atoms with Gasteiger partial charge in [-0.25, -0.2) is 0 Å². The summed E-state index contributed by atoms with van der Waals surface area (Å²) in [6.07, 6.45) is 0. The Kier molecular flexibility index (Phi) is 4.83. The van der Waals surface area contributed by atoms with Gasteiger partial charge >= 0.3 is 0 Å². The molecule has 0 aliphatic rings. The monoisotopic (exact) mass is 396 g/mol. The lowest BCUT2D eigenvalue weighted by Crippen LogP contribution is -2.13. The molecule has 20 heavy (non-hydrogen) atoms. The van der Waals surface area contributed by atoms with Crippen molar-refractivity contribution < 1.29 is 4.79 Å². The van der Waals surface area contributed by atoms with Crippen LogP contribution in [0.1, 0.15) is 21.5 Å². The predicted octanol–water partition coefficient (Wildman–Crippen LogP) is 4.23. The quantitative estimate of drug-likeness (QED) is 0.810. The van der Waals surface area contributed by atoms with Crippen molar-refractivity contribution in [3.63, 3.8) is 0 Å². The van der Waals surface area contributed by atoms with Crippen LogP contribution in [0.2, 0.25) is 0 Å². The van der Waals surface area contributed by atoms with Crippen LogP contribution >= 0.6 is 31.9 Å². The topological polar surface area (TPSA) is 55.1 Å². The summed E-state index contributed by atoms with van der Waals surface area (Å²) in [4.78, 5) is 11.3. The van der Waals surface area contributed by atoms with Gasteiger partial charge in [0, 0.05) is 26.7 Å². The fraction of sp³-hybridized carbons (Fsp3) is 0.133. The first kappa shape index (κ1) is 15.1. The third kappa shape index (κ3) is 3.41. The zero-order valence-corrected chi connectivity index (χ0v) is 14.1. The van der Waals surface area contributed by atoms with Crippen molar-refractivity contribution in [3.8, 4) is 0 Å². The largest absolute Gasteiger partial charge is 0.381 e. The lowest BCUT2D eigenvalue weighted by Gasteiger charge is -2.12. The zero-order chi connectivity index (χ0) is 14.7. The third-order valence-corrected chi connectivity index (χ3v) is 4.95. The van der Waals surface area contributed by atoms with Gasteiger partial charge in [-0.2, -0.15) is 0 Å². The fourth-order valence-corrected chi connectivity index (χ4v) is 2.61. The van der Waals surface area contributed by atoms with E-state index in [-0.39, 0.29) is 0 Å². The number of benzene rings is 2. The Hall–Kier alpha value is -1.33. The van der Waals surface area contributed by atoms with Crippen molar-refractivity contribution in [2.24, 2.45) is 5.73 Å². The average Bonchev–Trinajstić information content (AvgIpc) is 2.41. The first-order valence-electron chi connectivity index (χ1n) is 6.06. The second-order valence-electron chi connectivity index (χ2n) is 4.44. The molecule has 1 amide bonds. The minimum absolute atomic E-state index is 0.405. The summed E-state index contributed by atoms with van der Waals surface area (Å²) in [6.45, 7) is 2.56. The Morgan fingerprint density at radius 3 is 2.60 bits per heavy atom. The number of nitrogens with two attached hydrogens (primary N) is 1. The second-order valence-corrected chi connectivity index (χ2v) is 6.15. The highest BCUT2D eigenvalue weighted by Crippen LogP contribution is 2.25. The van der Waals surface area contributed by atoms with Gasteiger partial charge < -0.3 is 11.1 Å². The summed E-state index contributed by atoms with van der Waals surface area (Å²) >= 11 is 6.93. The summed E-state index contributed by atoms with van der Waals surface area (Å²) in [5, 5.41) is 3.33. The highest BCUT2D eigenvalue weighted by atomic mass is 79.9. The molecule has 2 aromatic carbocycles. The smallest absolute Gasteiger partial charge is 0.249 e. The zero-order valence-electron chi connectivity index (χ0n) is 10.9. The molecule has 0 spiro atoms. The second kappa shape index (κ2) is 6.41. The number of carbonyl (C=O) groups excluding carboxylic acids is 1. The van der Waals surface area contributed by atoms with Crippen LogP contribution in [0.25, 0.3) is 0 Å². The highest BCUT2D eigenvalue weighted by Gasteiger charge is 2.08. The minimum Gasteiger partial charge on any atom is -0.381 e. The van der Waals surface area contributed by atoms with Gasteiger partial charge in [0.25, 0.3) is 0 Å². The first-order valence-corrected chi connectivity index (χ1v) is 7.65. The molecule has 3 nitrogen and oxygen atoms in total. The normalized spacial score (nSPS) is 10.3. The average molecular weight is 398 g/mol. The molecule has 0 saturated heterocycles. The van der Waals surface area contributed by atoms with Gasteiger partial charge in [-0.1, -0.05) is 12.1 Å². The van der Waals surface area contributed by atoms with Crippen LogP contribution in [0.5, 0.6) is 0 Å². The van der Waals surface area contributed by atoms with E-state index in [1.165, 1.54) is 0 Å². The predicted molar refractivity (Wildman–Crippen MR) is 88.9 cm³/mol. The molecule has 0 heterocycles. The van der Waals surface area contributed by atoms with Gasteiger partial charge in [0.1, 0.15) is 0 Å². The van der Waals surface area contributed by atoms with E-state index >= 15 is 0 Å². The van der Waals surface area contributed by atoms with Crippen LogP contribution in [0.4, 0.5) is 5.69 Å². The number of halogens is 2. The van der Waals surface area contributed by atoms with E-state index < -0.39 is 5.91 Å².